The van der Waals surface area contributed by atoms with Crippen molar-refractivity contribution in [1.82, 2.24) is 29.9 Å². The van der Waals surface area contributed by atoms with Crippen molar-refractivity contribution in [2.24, 2.45) is 7.05 Å². The summed E-state index contributed by atoms with van der Waals surface area (Å²) in [5.41, 5.74) is 0.440. The Bertz CT molecular complexity index is 1380. The molecular weight excluding hydrogens is 474 g/mol. The van der Waals surface area contributed by atoms with Gasteiger partial charge in [0, 0.05) is 49.7 Å². The highest BCUT2D eigenvalue weighted by Crippen LogP contribution is 2.34. The van der Waals surface area contributed by atoms with Crippen molar-refractivity contribution in [3.05, 3.63) is 65.9 Å². The second-order valence-corrected chi connectivity index (χ2v) is 9.03. The number of anilines is 1. The van der Waals surface area contributed by atoms with Gasteiger partial charge in [-0.05, 0) is 37.6 Å². The molecule has 0 amide bonds. The number of alkyl halides is 3. The zero-order valence-corrected chi connectivity index (χ0v) is 19.9. The van der Waals surface area contributed by atoms with E-state index in [1.165, 1.54) is 6.07 Å². The number of fused-ring (bicyclic) bond motifs is 1. The summed E-state index contributed by atoms with van der Waals surface area (Å²) < 4.78 is 55.2. The van der Waals surface area contributed by atoms with Gasteiger partial charge in [0.1, 0.15) is 5.69 Å². The number of hydrogen-bond acceptors (Lipinski definition) is 6. The molecule has 5 rings (SSSR count). The van der Waals surface area contributed by atoms with Crippen LogP contribution in [0.4, 0.5) is 23.4 Å². The molecule has 1 fully saturated rings. The summed E-state index contributed by atoms with van der Waals surface area (Å²) in [7, 11) is 3.66. The fraction of sp³-hybridized carbons (Fsp3) is 0.360. The quantitative estimate of drug-likeness (QED) is 0.294. The summed E-state index contributed by atoms with van der Waals surface area (Å²) in [6.45, 7) is 1.41. The molecule has 1 aliphatic heterocycles. The molecular formula is C25H25F4N7. The maximum atomic E-state index is 13.4. The molecule has 0 aliphatic carbocycles. The Balaban J connectivity index is 1.33. The fourth-order valence-corrected chi connectivity index (χ4v) is 4.87. The van der Waals surface area contributed by atoms with Gasteiger partial charge in [0.2, 0.25) is 5.95 Å². The Morgan fingerprint density at radius 2 is 1.72 bits per heavy atom. The average Bonchev–Trinajstić information content (AvgIpc) is 3.29. The number of aryl methyl sites for hydroxylation is 1. The van der Waals surface area contributed by atoms with Crippen LogP contribution in [-0.4, -0.2) is 56.0 Å². The molecule has 0 N–H and O–H groups in total. The third kappa shape index (κ3) is 4.62. The Morgan fingerprint density at radius 1 is 1.00 bits per heavy atom. The van der Waals surface area contributed by atoms with Gasteiger partial charge in [-0.2, -0.15) is 22.7 Å². The molecule has 188 valence electrons. The van der Waals surface area contributed by atoms with Gasteiger partial charge in [-0.15, -0.1) is 10.2 Å². The van der Waals surface area contributed by atoms with Gasteiger partial charge in [0.15, 0.2) is 11.5 Å². The lowest BCUT2D eigenvalue weighted by atomic mass is 10.0. The Hall–Kier alpha value is -3.60. The molecule has 4 aromatic rings. The van der Waals surface area contributed by atoms with Crippen LogP contribution in [0.15, 0.2) is 48.7 Å². The van der Waals surface area contributed by atoms with Crippen molar-refractivity contribution < 1.29 is 17.6 Å². The smallest absolute Gasteiger partial charge is 0.354 e. The number of benzene rings is 1. The van der Waals surface area contributed by atoms with Crippen LogP contribution in [0, 0.1) is 5.95 Å². The summed E-state index contributed by atoms with van der Waals surface area (Å²) >= 11 is 0. The lowest BCUT2D eigenvalue weighted by Crippen LogP contribution is -2.43. The predicted molar refractivity (Wildman–Crippen MR) is 128 cm³/mol. The number of pyridine rings is 1. The molecule has 3 aromatic heterocycles. The van der Waals surface area contributed by atoms with Gasteiger partial charge in [0.05, 0.1) is 5.69 Å². The third-order valence-electron chi connectivity index (χ3n) is 6.75. The van der Waals surface area contributed by atoms with Crippen molar-refractivity contribution in [2.75, 3.05) is 25.0 Å². The monoisotopic (exact) mass is 499 g/mol. The zero-order valence-electron chi connectivity index (χ0n) is 19.9. The summed E-state index contributed by atoms with van der Waals surface area (Å²) in [6.07, 6.45) is -1.50. The van der Waals surface area contributed by atoms with Crippen molar-refractivity contribution in [3.8, 4) is 11.4 Å². The van der Waals surface area contributed by atoms with Crippen LogP contribution in [0.25, 0.3) is 22.2 Å². The van der Waals surface area contributed by atoms with Gasteiger partial charge < -0.3 is 4.90 Å². The predicted octanol–water partition coefficient (Wildman–Crippen LogP) is 4.68. The summed E-state index contributed by atoms with van der Waals surface area (Å²) in [4.78, 5) is 7.17. The first-order chi connectivity index (χ1) is 17.2. The van der Waals surface area contributed by atoms with E-state index in [-0.39, 0.29) is 18.2 Å². The van der Waals surface area contributed by atoms with E-state index < -0.39 is 17.8 Å². The topological polar surface area (TPSA) is 63.0 Å². The Labute approximate surface area is 205 Å². The highest BCUT2D eigenvalue weighted by molar-refractivity contribution is 5.99. The minimum atomic E-state index is -4.71. The van der Waals surface area contributed by atoms with Gasteiger partial charge in [-0.3, -0.25) is 9.58 Å². The molecule has 0 radical (unpaired) electrons. The lowest BCUT2D eigenvalue weighted by molar-refractivity contribution is -0.142. The summed E-state index contributed by atoms with van der Waals surface area (Å²) in [6, 6.07) is 12.1. The molecule has 0 saturated carbocycles. The van der Waals surface area contributed by atoms with Gasteiger partial charge >= 0.3 is 6.18 Å². The fourth-order valence-electron chi connectivity index (χ4n) is 4.87. The highest BCUT2D eigenvalue weighted by atomic mass is 19.4. The van der Waals surface area contributed by atoms with Gasteiger partial charge in [-0.1, -0.05) is 30.3 Å². The van der Waals surface area contributed by atoms with E-state index in [1.54, 1.807) is 17.9 Å². The maximum absolute atomic E-state index is 13.4. The van der Waals surface area contributed by atoms with Crippen LogP contribution in [0.2, 0.25) is 0 Å². The van der Waals surface area contributed by atoms with Crippen LogP contribution < -0.4 is 4.90 Å². The molecule has 0 unspecified atom stereocenters. The first-order valence-electron chi connectivity index (χ1n) is 11.6. The number of halogens is 4. The number of rotatable bonds is 5. The Kier molecular flexibility index (Phi) is 6.33. The Morgan fingerprint density at radius 3 is 2.39 bits per heavy atom. The van der Waals surface area contributed by atoms with Crippen molar-refractivity contribution in [3.63, 3.8) is 0 Å². The van der Waals surface area contributed by atoms with Crippen LogP contribution in [0.1, 0.15) is 24.1 Å². The molecule has 0 spiro atoms. The largest absolute Gasteiger partial charge is 0.433 e. The molecule has 1 saturated heterocycles. The molecule has 4 heterocycles. The number of aromatic nitrogens is 5. The molecule has 36 heavy (non-hydrogen) atoms. The third-order valence-corrected chi connectivity index (χ3v) is 6.75. The molecule has 0 atom stereocenters. The maximum Gasteiger partial charge on any atom is 0.433 e. The summed E-state index contributed by atoms with van der Waals surface area (Å²) in [5.74, 6) is -0.343. The van der Waals surface area contributed by atoms with E-state index in [4.69, 9.17) is 0 Å². The molecule has 0 bridgehead atoms. The van der Waals surface area contributed by atoms with Crippen molar-refractivity contribution in [1.29, 1.82) is 0 Å². The second-order valence-electron chi connectivity index (χ2n) is 9.03. The highest BCUT2D eigenvalue weighted by Gasteiger charge is 2.36. The first kappa shape index (κ1) is 24.1. The molecule has 11 heteroatoms. The van der Waals surface area contributed by atoms with E-state index in [1.807, 2.05) is 42.3 Å². The van der Waals surface area contributed by atoms with Gasteiger partial charge in [-0.25, -0.2) is 4.98 Å². The minimum Gasteiger partial charge on any atom is -0.354 e. The lowest BCUT2D eigenvalue weighted by Gasteiger charge is -2.37. The SMILES string of the molecule is CN(Cc1ccc(F)nc1C(F)(F)F)C1CCN(c2nnc(-c3ccnn3C)c3ccccc23)CC1. The van der Waals surface area contributed by atoms with E-state index >= 15 is 0 Å². The standard InChI is InChI=1S/C25H25F4N7/c1-34(15-16-7-8-21(26)31-23(16)25(27,28)29)17-10-13-36(14-11-17)24-19-6-4-3-5-18(19)22(32-33-24)20-9-12-30-35(20)2/h3-9,12,17H,10-11,13-15H2,1-2H3. The van der Waals surface area contributed by atoms with Crippen LogP contribution in [0.5, 0.6) is 0 Å². The summed E-state index contributed by atoms with van der Waals surface area (Å²) in [5, 5.41) is 15.3. The number of hydrogen-bond donors (Lipinski definition) is 0. The minimum absolute atomic E-state index is 0.0311. The zero-order chi connectivity index (χ0) is 25.4. The molecule has 1 aromatic carbocycles. The van der Waals surface area contributed by atoms with E-state index in [2.05, 4.69) is 25.2 Å². The van der Waals surface area contributed by atoms with Crippen LogP contribution in [-0.2, 0) is 19.8 Å². The van der Waals surface area contributed by atoms with Crippen molar-refractivity contribution in [2.45, 2.75) is 31.6 Å². The van der Waals surface area contributed by atoms with E-state index in [9.17, 15) is 17.6 Å². The van der Waals surface area contributed by atoms with Crippen LogP contribution in [0.3, 0.4) is 0 Å². The van der Waals surface area contributed by atoms with E-state index in [0.717, 1.165) is 46.9 Å². The van der Waals surface area contributed by atoms with Gasteiger partial charge in [0.25, 0.3) is 0 Å². The number of nitrogens with zero attached hydrogens (tertiary/aromatic N) is 7. The average molecular weight is 500 g/mol. The normalized spacial score (nSPS) is 15.2. The van der Waals surface area contributed by atoms with E-state index in [0.29, 0.717) is 13.1 Å². The second kappa shape index (κ2) is 9.45. The van der Waals surface area contributed by atoms with Crippen molar-refractivity contribution >= 4 is 16.6 Å². The molecule has 1 aliphatic rings. The first-order valence-corrected chi connectivity index (χ1v) is 11.6. The molecule has 7 nitrogen and oxygen atoms in total. The number of piperidine rings is 1. The van der Waals surface area contributed by atoms with Crippen LogP contribution >= 0.6 is 0 Å².